The fraction of sp³-hybridized carbons (Fsp3) is 0.417. The van der Waals surface area contributed by atoms with Crippen LogP contribution in [0.1, 0.15) is 56.7 Å². The summed E-state index contributed by atoms with van der Waals surface area (Å²) in [5, 5.41) is 5.79. The van der Waals surface area contributed by atoms with E-state index in [0.29, 0.717) is 0 Å². The number of hydrogen-bond acceptors (Lipinski definition) is 3. The Morgan fingerprint density at radius 3 is 2.17 bits per heavy atom. The van der Waals surface area contributed by atoms with Gasteiger partial charge in [0.2, 0.25) is 11.8 Å². The Morgan fingerprint density at radius 1 is 0.931 bits per heavy atom. The van der Waals surface area contributed by atoms with E-state index in [0.717, 1.165) is 46.8 Å². The summed E-state index contributed by atoms with van der Waals surface area (Å²) in [6.07, 6.45) is -0.219. The molecule has 5 heteroatoms. The number of para-hydroxylation sites is 1. The van der Waals surface area contributed by atoms with Crippen LogP contribution in [0.4, 0.5) is 17.1 Å². The highest BCUT2D eigenvalue weighted by Crippen LogP contribution is 2.27. The molecule has 29 heavy (non-hydrogen) atoms. The van der Waals surface area contributed by atoms with Gasteiger partial charge in [-0.15, -0.1) is 0 Å². The minimum Gasteiger partial charge on any atom is -0.372 e. The maximum Gasteiger partial charge on any atom is 0.233 e. The monoisotopic (exact) mass is 395 g/mol. The van der Waals surface area contributed by atoms with Gasteiger partial charge in [-0.1, -0.05) is 32.0 Å². The quantitative estimate of drug-likeness (QED) is 0.601. The topological polar surface area (TPSA) is 61.4 Å². The Morgan fingerprint density at radius 2 is 1.59 bits per heavy atom. The number of rotatable bonds is 8. The third-order valence-electron chi connectivity index (χ3n) is 5.13. The van der Waals surface area contributed by atoms with Crippen molar-refractivity contribution in [2.75, 3.05) is 28.6 Å². The highest BCUT2D eigenvalue weighted by Gasteiger charge is 2.15. The zero-order valence-electron chi connectivity index (χ0n) is 18.4. The van der Waals surface area contributed by atoms with Gasteiger partial charge in [-0.3, -0.25) is 9.59 Å². The van der Waals surface area contributed by atoms with Crippen LogP contribution >= 0.6 is 0 Å². The van der Waals surface area contributed by atoms with Gasteiger partial charge in [-0.05, 0) is 68.5 Å². The van der Waals surface area contributed by atoms with E-state index in [2.05, 4.69) is 49.3 Å². The van der Waals surface area contributed by atoms with Crippen LogP contribution in [-0.4, -0.2) is 24.9 Å². The average Bonchev–Trinajstić information content (AvgIpc) is 2.66. The van der Waals surface area contributed by atoms with E-state index < -0.39 is 0 Å². The lowest BCUT2D eigenvalue weighted by Crippen LogP contribution is -2.23. The van der Waals surface area contributed by atoms with Crippen LogP contribution in [0.5, 0.6) is 0 Å². The molecule has 0 fully saturated rings. The summed E-state index contributed by atoms with van der Waals surface area (Å²) in [5.74, 6) is -0.344. The molecule has 2 rings (SSSR count). The van der Waals surface area contributed by atoms with Gasteiger partial charge in [0.05, 0.1) is 0 Å². The molecule has 0 aliphatic carbocycles. The fourth-order valence-electron chi connectivity index (χ4n) is 3.44. The van der Waals surface area contributed by atoms with E-state index in [1.165, 1.54) is 0 Å². The Hall–Kier alpha value is -2.82. The van der Waals surface area contributed by atoms with Crippen molar-refractivity contribution in [3.63, 3.8) is 0 Å². The van der Waals surface area contributed by atoms with Crippen molar-refractivity contribution >= 4 is 28.9 Å². The number of aryl methyl sites for hydroxylation is 2. The van der Waals surface area contributed by atoms with E-state index in [1.54, 1.807) is 0 Å². The molecule has 0 radical (unpaired) electrons. The van der Waals surface area contributed by atoms with Gasteiger partial charge < -0.3 is 15.5 Å². The summed E-state index contributed by atoms with van der Waals surface area (Å²) >= 11 is 0. The molecule has 0 heterocycles. The normalized spacial score (nSPS) is 10.7. The van der Waals surface area contributed by atoms with E-state index in [4.69, 9.17) is 0 Å². The number of carbonyl (C=O) groups excluding carboxylic acids is 2. The second-order valence-corrected chi connectivity index (χ2v) is 7.64. The SMILES string of the molecule is CCN(CC)c1ccc(NC(=O)CC(=O)Nc2c(C)cccc2C(C)C)c(C)c1. The Bertz CT molecular complexity index is 870. The molecule has 0 aliphatic heterocycles. The molecule has 0 saturated carbocycles. The number of carbonyl (C=O) groups is 2. The first-order chi connectivity index (χ1) is 13.8. The van der Waals surface area contributed by atoms with Crippen molar-refractivity contribution in [3.05, 3.63) is 53.1 Å². The van der Waals surface area contributed by atoms with Gasteiger partial charge in [0.25, 0.3) is 0 Å². The molecule has 2 aromatic rings. The predicted octanol–water partition coefficient (Wildman–Crippen LogP) is 5.24. The van der Waals surface area contributed by atoms with Crippen LogP contribution < -0.4 is 15.5 Å². The molecule has 0 unspecified atom stereocenters. The second-order valence-electron chi connectivity index (χ2n) is 7.64. The lowest BCUT2D eigenvalue weighted by molar-refractivity contribution is -0.123. The zero-order valence-corrected chi connectivity index (χ0v) is 18.4. The van der Waals surface area contributed by atoms with Crippen LogP contribution in [-0.2, 0) is 9.59 Å². The largest absolute Gasteiger partial charge is 0.372 e. The van der Waals surface area contributed by atoms with E-state index in [9.17, 15) is 9.59 Å². The summed E-state index contributed by atoms with van der Waals surface area (Å²) in [6, 6.07) is 11.9. The van der Waals surface area contributed by atoms with Crippen molar-refractivity contribution in [2.24, 2.45) is 0 Å². The summed E-state index contributed by atoms with van der Waals surface area (Å²) in [4.78, 5) is 27.1. The van der Waals surface area contributed by atoms with Crippen LogP contribution in [0.25, 0.3) is 0 Å². The molecule has 0 saturated heterocycles. The van der Waals surface area contributed by atoms with Crippen molar-refractivity contribution in [1.29, 1.82) is 0 Å². The van der Waals surface area contributed by atoms with Crippen molar-refractivity contribution in [1.82, 2.24) is 0 Å². The highest BCUT2D eigenvalue weighted by molar-refractivity contribution is 6.08. The van der Waals surface area contributed by atoms with Gasteiger partial charge in [-0.25, -0.2) is 0 Å². The maximum atomic E-state index is 12.5. The first kappa shape index (κ1) is 22.5. The van der Waals surface area contributed by atoms with Gasteiger partial charge in [0.1, 0.15) is 6.42 Å². The third-order valence-corrected chi connectivity index (χ3v) is 5.13. The molecule has 0 aliphatic rings. The summed E-state index contributed by atoms with van der Waals surface area (Å²) in [6.45, 7) is 14.2. The summed E-state index contributed by atoms with van der Waals surface area (Å²) < 4.78 is 0. The molecule has 156 valence electrons. The van der Waals surface area contributed by atoms with Gasteiger partial charge in [0, 0.05) is 30.2 Å². The van der Waals surface area contributed by atoms with E-state index in [1.807, 2.05) is 44.2 Å². The van der Waals surface area contributed by atoms with E-state index >= 15 is 0 Å². The van der Waals surface area contributed by atoms with Crippen molar-refractivity contribution < 1.29 is 9.59 Å². The molecule has 2 aromatic carbocycles. The molecule has 0 spiro atoms. The molecular weight excluding hydrogens is 362 g/mol. The first-order valence-electron chi connectivity index (χ1n) is 10.3. The molecule has 0 atom stereocenters. The van der Waals surface area contributed by atoms with Crippen molar-refractivity contribution in [2.45, 2.75) is 53.9 Å². The smallest absolute Gasteiger partial charge is 0.233 e. The molecular formula is C24H33N3O2. The number of benzene rings is 2. The third kappa shape index (κ3) is 5.83. The molecule has 0 bridgehead atoms. The average molecular weight is 396 g/mol. The number of nitrogens with one attached hydrogen (secondary N) is 2. The fourth-order valence-corrected chi connectivity index (χ4v) is 3.44. The molecule has 5 nitrogen and oxygen atoms in total. The van der Waals surface area contributed by atoms with Crippen LogP contribution in [0, 0.1) is 13.8 Å². The lowest BCUT2D eigenvalue weighted by atomic mass is 9.98. The number of nitrogens with zero attached hydrogens (tertiary/aromatic N) is 1. The maximum absolute atomic E-state index is 12.5. The molecule has 2 amide bonds. The minimum atomic E-state index is -0.319. The number of hydrogen-bond donors (Lipinski definition) is 2. The Balaban J connectivity index is 2.04. The Kier molecular flexibility index (Phi) is 7.82. The second kappa shape index (κ2) is 10.1. The number of amides is 2. The molecule has 2 N–H and O–H groups in total. The first-order valence-corrected chi connectivity index (χ1v) is 10.3. The number of anilines is 3. The lowest BCUT2D eigenvalue weighted by Gasteiger charge is -2.22. The van der Waals surface area contributed by atoms with Gasteiger partial charge in [-0.2, -0.15) is 0 Å². The van der Waals surface area contributed by atoms with Crippen LogP contribution in [0.15, 0.2) is 36.4 Å². The van der Waals surface area contributed by atoms with E-state index in [-0.39, 0.29) is 24.2 Å². The predicted molar refractivity (Wildman–Crippen MR) is 122 cm³/mol. The van der Waals surface area contributed by atoms with Gasteiger partial charge in [0.15, 0.2) is 0 Å². The Labute approximate surface area is 174 Å². The molecule has 0 aromatic heterocycles. The van der Waals surface area contributed by atoms with Crippen LogP contribution in [0.2, 0.25) is 0 Å². The van der Waals surface area contributed by atoms with Crippen LogP contribution in [0.3, 0.4) is 0 Å². The highest BCUT2D eigenvalue weighted by atomic mass is 16.2. The van der Waals surface area contributed by atoms with Gasteiger partial charge >= 0.3 is 0 Å². The standard InChI is InChI=1S/C24H33N3O2/c1-7-27(8-2)19-12-13-21(18(6)14-19)25-22(28)15-23(29)26-24-17(5)10-9-11-20(24)16(3)4/h9-14,16H,7-8,15H2,1-6H3,(H,25,28)(H,26,29). The van der Waals surface area contributed by atoms with Crippen molar-refractivity contribution in [3.8, 4) is 0 Å². The zero-order chi connectivity index (χ0) is 21.6. The summed E-state index contributed by atoms with van der Waals surface area (Å²) in [5.41, 5.74) is 5.71. The minimum absolute atomic E-state index is 0.219. The summed E-state index contributed by atoms with van der Waals surface area (Å²) in [7, 11) is 0.